The van der Waals surface area contributed by atoms with Crippen LogP contribution in [-0.4, -0.2) is 31.6 Å². The molecule has 1 atom stereocenters. The van der Waals surface area contributed by atoms with E-state index in [0.29, 0.717) is 0 Å². The van der Waals surface area contributed by atoms with E-state index in [1.807, 2.05) is 6.07 Å². The third kappa shape index (κ3) is 2.80. The molecule has 4 nitrogen and oxygen atoms in total. The fourth-order valence-electron chi connectivity index (χ4n) is 3.09. The predicted octanol–water partition coefficient (Wildman–Crippen LogP) is 2.29. The maximum atomic E-state index is 12.1. The maximum absolute atomic E-state index is 12.1. The van der Waals surface area contributed by atoms with Gasteiger partial charge in [-0.1, -0.05) is 0 Å². The Morgan fingerprint density at radius 2 is 2.10 bits per heavy atom. The van der Waals surface area contributed by atoms with Crippen LogP contribution in [0.1, 0.15) is 31.2 Å². The van der Waals surface area contributed by atoms with Crippen molar-refractivity contribution >= 4 is 17.3 Å². The van der Waals surface area contributed by atoms with Crippen LogP contribution < -0.4 is 15.5 Å². The first-order chi connectivity index (χ1) is 9.74. The molecule has 0 aliphatic carbocycles. The summed E-state index contributed by atoms with van der Waals surface area (Å²) in [4.78, 5) is 14.5. The van der Waals surface area contributed by atoms with E-state index in [-0.39, 0.29) is 11.9 Å². The number of hydrogen-bond donors (Lipinski definition) is 2. The molecule has 1 aromatic rings. The fraction of sp³-hybridized carbons (Fsp3) is 0.562. The van der Waals surface area contributed by atoms with Crippen LogP contribution in [0.3, 0.4) is 0 Å². The largest absolute Gasteiger partial charge is 0.372 e. The van der Waals surface area contributed by atoms with Gasteiger partial charge in [-0.15, -0.1) is 0 Å². The van der Waals surface area contributed by atoms with Crippen molar-refractivity contribution in [2.75, 3.05) is 29.9 Å². The minimum absolute atomic E-state index is 0.0207. The van der Waals surface area contributed by atoms with Crippen LogP contribution in [-0.2, 0) is 4.79 Å². The van der Waals surface area contributed by atoms with E-state index in [1.54, 1.807) is 0 Å². The molecule has 108 valence electrons. The quantitative estimate of drug-likeness (QED) is 0.888. The first-order valence-corrected chi connectivity index (χ1v) is 7.64. The number of hydrogen-bond acceptors (Lipinski definition) is 3. The monoisotopic (exact) mass is 273 g/mol. The van der Waals surface area contributed by atoms with Crippen LogP contribution in [0.25, 0.3) is 0 Å². The molecule has 1 unspecified atom stereocenters. The summed E-state index contributed by atoms with van der Waals surface area (Å²) in [5, 5.41) is 6.28. The van der Waals surface area contributed by atoms with Gasteiger partial charge >= 0.3 is 0 Å². The van der Waals surface area contributed by atoms with E-state index < -0.39 is 0 Å². The second kappa shape index (κ2) is 5.83. The number of nitrogens with zero attached hydrogens (tertiary/aromatic N) is 1. The lowest BCUT2D eigenvalue weighted by atomic mass is 10.1. The zero-order valence-electron chi connectivity index (χ0n) is 12.1. The fourth-order valence-corrected chi connectivity index (χ4v) is 3.09. The number of aryl methyl sites for hydroxylation is 1. The lowest BCUT2D eigenvalue weighted by Gasteiger charge is -2.20. The maximum Gasteiger partial charge on any atom is 0.241 e. The highest BCUT2D eigenvalue weighted by molar-refractivity contribution is 5.95. The van der Waals surface area contributed by atoms with E-state index in [9.17, 15) is 4.79 Å². The highest BCUT2D eigenvalue weighted by Gasteiger charge is 2.22. The van der Waals surface area contributed by atoms with Crippen LogP contribution in [0.4, 0.5) is 11.4 Å². The second-order valence-electron chi connectivity index (χ2n) is 5.83. The van der Waals surface area contributed by atoms with Gasteiger partial charge in [0.25, 0.3) is 0 Å². The molecule has 2 aliphatic heterocycles. The van der Waals surface area contributed by atoms with Gasteiger partial charge in [-0.25, -0.2) is 0 Å². The van der Waals surface area contributed by atoms with Crippen LogP contribution in [0, 0.1) is 6.92 Å². The van der Waals surface area contributed by atoms with Crippen LogP contribution in [0.5, 0.6) is 0 Å². The standard InChI is InChI=1S/C16H23N3O/c1-12-11-13(19-9-2-3-10-19)6-7-14(12)18-16(20)15-5-4-8-17-15/h6-7,11,15,17H,2-5,8-10H2,1H3,(H,18,20). The molecular weight excluding hydrogens is 250 g/mol. The molecule has 1 aromatic carbocycles. The van der Waals surface area contributed by atoms with Gasteiger partial charge in [-0.3, -0.25) is 4.79 Å². The first kappa shape index (κ1) is 13.4. The van der Waals surface area contributed by atoms with Gasteiger partial charge < -0.3 is 15.5 Å². The zero-order chi connectivity index (χ0) is 13.9. The number of carbonyl (C=O) groups is 1. The molecule has 2 fully saturated rings. The topological polar surface area (TPSA) is 44.4 Å². The molecule has 2 aliphatic rings. The van der Waals surface area contributed by atoms with Crippen molar-refractivity contribution in [3.8, 4) is 0 Å². The number of amides is 1. The molecule has 2 heterocycles. The van der Waals surface area contributed by atoms with Crippen LogP contribution in [0.2, 0.25) is 0 Å². The Kier molecular flexibility index (Phi) is 3.92. The Bertz CT molecular complexity index is 488. The lowest BCUT2D eigenvalue weighted by molar-refractivity contribution is -0.117. The molecule has 0 spiro atoms. The van der Waals surface area contributed by atoms with Gasteiger partial charge in [0.15, 0.2) is 0 Å². The van der Waals surface area contributed by atoms with E-state index >= 15 is 0 Å². The number of anilines is 2. The number of carbonyl (C=O) groups excluding carboxylic acids is 1. The van der Waals surface area contributed by atoms with E-state index in [4.69, 9.17) is 0 Å². The molecule has 0 saturated carbocycles. The Hall–Kier alpha value is -1.55. The van der Waals surface area contributed by atoms with Gasteiger partial charge in [-0.2, -0.15) is 0 Å². The average molecular weight is 273 g/mol. The van der Waals surface area contributed by atoms with E-state index in [0.717, 1.165) is 43.7 Å². The van der Waals surface area contributed by atoms with Crippen molar-refractivity contribution in [2.45, 2.75) is 38.6 Å². The van der Waals surface area contributed by atoms with E-state index in [1.165, 1.54) is 18.5 Å². The summed E-state index contributed by atoms with van der Waals surface area (Å²) in [5.41, 5.74) is 3.35. The summed E-state index contributed by atoms with van der Waals surface area (Å²) in [6, 6.07) is 6.32. The SMILES string of the molecule is Cc1cc(N2CCCC2)ccc1NC(=O)C1CCCN1. The molecule has 3 rings (SSSR count). The molecule has 4 heteroatoms. The van der Waals surface area contributed by atoms with Crippen molar-refractivity contribution < 1.29 is 4.79 Å². The molecule has 0 radical (unpaired) electrons. The normalized spacial score (nSPS) is 22.2. The Balaban J connectivity index is 1.68. The summed E-state index contributed by atoms with van der Waals surface area (Å²) in [6.45, 7) is 5.32. The molecule has 1 amide bonds. The molecule has 2 N–H and O–H groups in total. The van der Waals surface area contributed by atoms with Crippen molar-refractivity contribution in [2.24, 2.45) is 0 Å². The minimum atomic E-state index is -0.0207. The highest BCUT2D eigenvalue weighted by Crippen LogP contribution is 2.25. The summed E-state index contributed by atoms with van der Waals surface area (Å²) in [5.74, 6) is 0.0968. The Labute approximate surface area is 120 Å². The van der Waals surface area contributed by atoms with Crippen molar-refractivity contribution in [1.29, 1.82) is 0 Å². The molecular formula is C16H23N3O. The highest BCUT2D eigenvalue weighted by atomic mass is 16.2. The second-order valence-corrected chi connectivity index (χ2v) is 5.83. The summed E-state index contributed by atoms with van der Waals surface area (Å²) < 4.78 is 0. The average Bonchev–Trinajstić information content (AvgIpc) is 3.14. The lowest BCUT2D eigenvalue weighted by Crippen LogP contribution is -2.35. The van der Waals surface area contributed by atoms with Crippen molar-refractivity contribution in [3.05, 3.63) is 23.8 Å². The number of benzene rings is 1. The van der Waals surface area contributed by atoms with Crippen LogP contribution >= 0.6 is 0 Å². The third-order valence-corrected chi connectivity index (χ3v) is 4.32. The number of nitrogens with one attached hydrogen (secondary N) is 2. The van der Waals surface area contributed by atoms with Gasteiger partial charge in [0, 0.05) is 24.5 Å². The van der Waals surface area contributed by atoms with Gasteiger partial charge in [0.1, 0.15) is 0 Å². The summed E-state index contributed by atoms with van der Waals surface area (Å²) in [7, 11) is 0. The van der Waals surface area contributed by atoms with Gasteiger partial charge in [-0.05, 0) is 62.9 Å². The van der Waals surface area contributed by atoms with Crippen LogP contribution in [0.15, 0.2) is 18.2 Å². The van der Waals surface area contributed by atoms with E-state index in [2.05, 4.69) is 34.6 Å². The zero-order valence-corrected chi connectivity index (χ0v) is 12.1. The van der Waals surface area contributed by atoms with Crippen molar-refractivity contribution in [1.82, 2.24) is 5.32 Å². The predicted molar refractivity (Wildman–Crippen MR) is 82.3 cm³/mol. The Morgan fingerprint density at radius 1 is 1.30 bits per heavy atom. The van der Waals surface area contributed by atoms with Gasteiger partial charge in [0.05, 0.1) is 6.04 Å². The number of rotatable bonds is 3. The molecule has 20 heavy (non-hydrogen) atoms. The molecule has 0 bridgehead atoms. The summed E-state index contributed by atoms with van der Waals surface area (Å²) in [6.07, 6.45) is 4.59. The van der Waals surface area contributed by atoms with Crippen molar-refractivity contribution in [3.63, 3.8) is 0 Å². The summed E-state index contributed by atoms with van der Waals surface area (Å²) >= 11 is 0. The van der Waals surface area contributed by atoms with Gasteiger partial charge in [0.2, 0.25) is 5.91 Å². The minimum Gasteiger partial charge on any atom is -0.372 e. The molecule has 0 aromatic heterocycles. The first-order valence-electron chi connectivity index (χ1n) is 7.64. The Morgan fingerprint density at radius 3 is 2.75 bits per heavy atom. The third-order valence-electron chi connectivity index (χ3n) is 4.32. The smallest absolute Gasteiger partial charge is 0.241 e. The molecule has 2 saturated heterocycles.